The molecule has 0 aliphatic heterocycles. The fourth-order valence-corrected chi connectivity index (χ4v) is 3.37. The monoisotopic (exact) mass is 379 g/mol. The summed E-state index contributed by atoms with van der Waals surface area (Å²) in [6.45, 7) is -0.253. The van der Waals surface area contributed by atoms with E-state index in [4.69, 9.17) is 0 Å². The van der Waals surface area contributed by atoms with Gasteiger partial charge in [0.1, 0.15) is 0 Å². The number of benzene rings is 2. The second-order valence-corrected chi connectivity index (χ2v) is 7.01. The second-order valence-electron chi connectivity index (χ2n) is 7.01. The Hall–Kier alpha value is -3.15. The Labute approximate surface area is 164 Å². The molecule has 6 heteroatoms. The lowest BCUT2D eigenvalue weighted by Crippen LogP contribution is -2.45. The summed E-state index contributed by atoms with van der Waals surface area (Å²) in [4.78, 5) is 36.0. The van der Waals surface area contributed by atoms with Gasteiger partial charge in [0.2, 0.25) is 5.91 Å². The zero-order valence-electron chi connectivity index (χ0n) is 15.7. The van der Waals surface area contributed by atoms with Gasteiger partial charge in [0.05, 0.1) is 6.54 Å². The van der Waals surface area contributed by atoms with E-state index in [1.807, 2.05) is 54.6 Å². The van der Waals surface area contributed by atoms with E-state index in [1.54, 1.807) is 0 Å². The van der Waals surface area contributed by atoms with Crippen LogP contribution in [0.25, 0.3) is 0 Å². The molecule has 3 rings (SSSR count). The normalized spacial score (nSPS) is 13.7. The third-order valence-corrected chi connectivity index (χ3v) is 4.83. The van der Waals surface area contributed by atoms with E-state index in [1.165, 1.54) is 0 Å². The Morgan fingerprint density at radius 3 is 2.29 bits per heavy atom. The first kappa shape index (κ1) is 19.6. The number of carbonyl (C=O) groups is 3. The minimum atomic E-state index is -0.778. The number of hydrogen-bond donors (Lipinski definition) is 3. The lowest BCUT2D eigenvalue weighted by Gasteiger charge is -2.13. The van der Waals surface area contributed by atoms with Crippen LogP contribution in [0, 0.1) is 0 Å². The summed E-state index contributed by atoms with van der Waals surface area (Å²) in [7, 11) is 0. The predicted octanol–water partition coefficient (Wildman–Crippen LogP) is 2.39. The average Bonchev–Trinajstić information content (AvgIpc) is 3.21. The lowest BCUT2D eigenvalue weighted by atomic mass is 10.0. The number of hydrogen-bond acceptors (Lipinski definition) is 3. The molecule has 0 unspecified atom stereocenters. The molecule has 0 radical (unpaired) electrons. The summed E-state index contributed by atoms with van der Waals surface area (Å²) in [5.74, 6) is -1.83. The van der Waals surface area contributed by atoms with Crippen LogP contribution in [0.3, 0.4) is 0 Å². The van der Waals surface area contributed by atoms with Gasteiger partial charge in [0.25, 0.3) is 0 Å². The molecule has 2 aromatic carbocycles. The maximum Gasteiger partial charge on any atom is 0.309 e. The molecule has 0 heterocycles. The summed E-state index contributed by atoms with van der Waals surface area (Å²) in [5, 5.41) is 7.90. The molecule has 1 aliphatic carbocycles. The first-order valence-corrected chi connectivity index (χ1v) is 9.62. The third-order valence-electron chi connectivity index (χ3n) is 4.83. The SMILES string of the molecule is O=C(CNC(=O)C(=O)NC1CCCC1)Nc1ccccc1Cc1ccccc1. The first-order chi connectivity index (χ1) is 13.6. The number of carbonyl (C=O) groups excluding carboxylic acids is 3. The molecule has 0 aromatic heterocycles. The number of nitrogens with one attached hydrogen (secondary N) is 3. The van der Waals surface area contributed by atoms with Gasteiger partial charge in [-0.15, -0.1) is 0 Å². The van der Waals surface area contributed by atoms with Gasteiger partial charge in [-0.3, -0.25) is 14.4 Å². The van der Waals surface area contributed by atoms with Gasteiger partial charge in [0.15, 0.2) is 0 Å². The third kappa shape index (κ3) is 5.67. The highest BCUT2D eigenvalue weighted by Crippen LogP contribution is 2.19. The molecule has 3 amide bonds. The van der Waals surface area contributed by atoms with E-state index in [0.717, 1.165) is 36.8 Å². The van der Waals surface area contributed by atoms with E-state index in [2.05, 4.69) is 16.0 Å². The van der Waals surface area contributed by atoms with Crippen LogP contribution in [0.15, 0.2) is 54.6 Å². The molecule has 1 saturated carbocycles. The Balaban J connectivity index is 1.50. The zero-order valence-corrected chi connectivity index (χ0v) is 15.7. The molecule has 3 N–H and O–H groups in total. The van der Waals surface area contributed by atoms with Crippen LogP contribution in [-0.4, -0.2) is 30.3 Å². The van der Waals surface area contributed by atoms with Crippen molar-refractivity contribution in [1.82, 2.24) is 10.6 Å². The average molecular weight is 379 g/mol. The molecule has 0 atom stereocenters. The quantitative estimate of drug-likeness (QED) is 0.674. The van der Waals surface area contributed by atoms with Crippen molar-refractivity contribution >= 4 is 23.4 Å². The van der Waals surface area contributed by atoms with Crippen molar-refractivity contribution in [2.45, 2.75) is 38.1 Å². The van der Waals surface area contributed by atoms with Crippen molar-refractivity contribution in [1.29, 1.82) is 0 Å². The number of para-hydroxylation sites is 1. The first-order valence-electron chi connectivity index (χ1n) is 9.62. The molecular weight excluding hydrogens is 354 g/mol. The Morgan fingerprint density at radius 2 is 1.54 bits per heavy atom. The van der Waals surface area contributed by atoms with Crippen LogP contribution in [0.1, 0.15) is 36.8 Å². The van der Waals surface area contributed by atoms with E-state index >= 15 is 0 Å². The van der Waals surface area contributed by atoms with Gasteiger partial charge < -0.3 is 16.0 Å². The van der Waals surface area contributed by atoms with Crippen LogP contribution in [-0.2, 0) is 20.8 Å². The highest BCUT2D eigenvalue weighted by atomic mass is 16.2. The molecule has 0 saturated heterocycles. The van der Waals surface area contributed by atoms with Crippen LogP contribution in [0.4, 0.5) is 5.69 Å². The van der Waals surface area contributed by atoms with Gasteiger partial charge in [0, 0.05) is 11.7 Å². The Kier molecular flexibility index (Phi) is 6.78. The topological polar surface area (TPSA) is 87.3 Å². The van der Waals surface area contributed by atoms with Gasteiger partial charge in [-0.2, -0.15) is 0 Å². The largest absolute Gasteiger partial charge is 0.345 e. The van der Waals surface area contributed by atoms with Crippen LogP contribution in [0.5, 0.6) is 0 Å². The summed E-state index contributed by atoms with van der Waals surface area (Å²) in [6, 6.07) is 17.6. The molecule has 28 heavy (non-hydrogen) atoms. The van der Waals surface area contributed by atoms with Crippen molar-refractivity contribution < 1.29 is 14.4 Å². The Morgan fingerprint density at radius 1 is 0.857 bits per heavy atom. The minimum absolute atomic E-state index is 0.0666. The fraction of sp³-hybridized carbons (Fsp3) is 0.318. The summed E-state index contributed by atoms with van der Waals surface area (Å²) >= 11 is 0. The van der Waals surface area contributed by atoms with Gasteiger partial charge >= 0.3 is 11.8 Å². The maximum absolute atomic E-state index is 12.2. The molecule has 2 aromatic rings. The van der Waals surface area contributed by atoms with Gasteiger partial charge in [-0.05, 0) is 36.5 Å². The van der Waals surface area contributed by atoms with Crippen molar-refractivity contribution in [3.8, 4) is 0 Å². The fourth-order valence-electron chi connectivity index (χ4n) is 3.37. The van der Waals surface area contributed by atoms with E-state index in [9.17, 15) is 14.4 Å². The number of rotatable bonds is 6. The van der Waals surface area contributed by atoms with Crippen molar-refractivity contribution in [3.05, 3.63) is 65.7 Å². The van der Waals surface area contributed by atoms with E-state index < -0.39 is 11.8 Å². The van der Waals surface area contributed by atoms with Crippen LogP contribution < -0.4 is 16.0 Å². The summed E-state index contributed by atoms with van der Waals surface area (Å²) in [6.07, 6.45) is 4.62. The molecule has 0 bridgehead atoms. The van der Waals surface area contributed by atoms with Crippen molar-refractivity contribution in [2.24, 2.45) is 0 Å². The van der Waals surface area contributed by atoms with E-state index in [0.29, 0.717) is 12.1 Å². The molecular formula is C22H25N3O3. The van der Waals surface area contributed by atoms with Crippen molar-refractivity contribution in [2.75, 3.05) is 11.9 Å². The molecule has 1 fully saturated rings. The zero-order chi connectivity index (χ0) is 19.8. The van der Waals surface area contributed by atoms with Gasteiger partial charge in [-0.25, -0.2) is 0 Å². The Bertz CT molecular complexity index is 830. The van der Waals surface area contributed by atoms with E-state index in [-0.39, 0.29) is 18.5 Å². The minimum Gasteiger partial charge on any atom is -0.345 e. The van der Waals surface area contributed by atoms with Crippen LogP contribution >= 0.6 is 0 Å². The smallest absolute Gasteiger partial charge is 0.309 e. The highest BCUT2D eigenvalue weighted by molar-refractivity contribution is 6.35. The van der Waals surface area contributed by atoms with Crippen molar-refractivity contribution in [3.63, 3.8) is 0 Å². The van der Waals surface area contributed by atoms with Gasteiger partial charge in [-0.1, -0.05) is 61.4 Å². The predicted molar refractivity (Wildman–Crippen MR) is 108 cm³/mol. The van der Waals surface area contributed by atoms with Crippen LogP contribution in [0.2, 0.25) is 0 Å². The molecule has 6 nitrogen and oxygen atoms in total. The standard InChI is InChI=1S/C22H25N3O3/c26-20(15-23-21(27)22(28)24-18-11-5-6-12-18)25-19-13-7-4-10-17(19)14-16-8-2-1-3-9-16/h1-4,7-10,13,18H,5-6,11-12,14-15H2,(H,23,27)(H,24,28)(H,25,26). The summed E-state index contributed by atoms with van der Waals surface area (Å²) < 4.78 is 0. The highest BCUT2D eigenvalue weighted by Gasteiger charge is 2.21. The summed E-state index contributed by atoms with van der Waals surface area (Å²) in [5.41, 5.74) is 2.81. The number of anilines is 1. The lowest BCUT2D eigenvalue weighted by molar-refractivity contribution is -0.140. The number of amides is 3. The molecule has 146 valence electrons. The molecule has 1 aliphatic rings. The maximum atomic E-state index is 12.2. The second kappa shape index (κ2) is 9.69. The molecule has 0 spiro atoms.